The van der Waals surface area contributed by atoms with Gasteiger partial charge in [0.25, 0.3) is 0 Å². The molecule has 2 aromatic carbocycles. The van der Waals surface area contributed by atoms with Gasteiger partial charge in [0, 0.05) is 30.2 Å². The molecular weight excluding hydrogens is 328 g/mol. The van der Waals surface area contributed by atoms with Gasteiger partial charge < -0.3 is 15.3 Å². The Morgan fingerprint density at radius 2 is 1.92 bits per heavy atom. The first-order chi connectivity index (χ1) is 11.5. The van der Waals surface area contributed by atoms with Gasteiger partial charge in [-0.15, -0.1) is 0 Å². The molecule has 1 atom stereocenters. The van der Waals surface area contributed by atoms with E-state index in [0.29, 0.717) is 23.8 Å². The zero-order chi connectivity index (χ0) is 17.1. The molecule has 2 amide bonds. The molecule has 6 heteroatoms. The lowest BCUT2D eigenvalue weighted by molar-refractivity contribution is -0.128. The summed E-state index contributed by atoms with van der Waals surface area (Å²) in [5.74, 6) is -0.514. The number of benzene rings is 2. The molecule has 0 unspecified atom stereocenters. The molecule has 0 bridgehead atoms. The minimum Gasteiger partial charge on any atom is -0.508 e. The fourth-order valence-electron chi connectivity index (χ4n) is 2.72. The number of carbonyl (C=O) groups is 2. The summed E-state index contributed by atoms with van der Waals surface area (Å²) in [4.78, 5) is 26.2. The summed E-state index contributed by atoms with van der Waals surface area (Å²) in [5.41, 5.74) is 1.46. The van der Waals surface area contributed by atoms with E-state index >= 15 is 0 Å². The first-order valence-electron chi connectivity index (χ1n) is 7.64. The Hall–Kier alpha value is -2.53. The summed E-state index contributed by atoms with van der Waals surface area (Å²) >= 11 is 6.13. The molecule has 0 spiro atoms. The first-order valence-corrected chi connectivity index (χ1v) is 8.02. The van der Waals surface area contributed by atoms with Crippen LogP contribution in [-0.2, 0) is 16.1 Å². The summed E-state index contributed by atoms with van der Waals surface area (Å²) in [6.07, 6.45) is 0.189. The van der Waals surface area contributed by atoms with Gasteiger partial charge in [0.15, 0.2) is 0 Å². The third-order valence-corrected chi connectivity index (χ3v) is 4.41. The number of hydrogen-bond acceptors (Lipinski definition) is 3. The standard InChI is InChI=1S/C18H17ClN2O3/c19-16-4-2-1-3-12(16)10-21-11-13(9-17(21)23)18(24)20-14-5-7-15(22)8-6-14/h1-8,13,22H,9-11H2,(H,20,24)/t13-/m1/s1. The molecule has 5 nitrogen and oxygen atoms in total. The summed E-state index contributed by atoms with van der Waals surface area (Å²) in [6, 6.07) is 13.6. The van der Waals surface area contributed by atoms with Crippen LogP contribution in [0.5, 0.6) is 5.75 Å². The molecule has 0 aliphatic carbocycles. The van der Waals surface area contributed by atoms with Crippen molar-refractivity contribution in [1.82, 2.24) is 4.90 Å². The van der Waals surface area contributed by atoms with Gasteiger partial charge in [0.1, 0.15) is 5.75 Å². The largest absolute Gasteiger partial charge is 0.508 e. The number of amides is 2. The Kier molecular flexibility index (Phi) is 4.71. The predicted molar refractivity (Wildman–Crippen MR) is 91.7 cm³/mol. The Morgan fingerprint density at radius 1 is 1.21 bits per heavy atom. The molecule has 24 heavy (non-hydrogen) atoms. The van der Waals surface area contributed by atoms with E-state index in [-0.39, 0.29) is 24.0 Å². The van der Waals surface area contributed by atoms with Crippen molar-refractivity contribution in [2.24, 2.45) is 5.92 Å². The number of carbonyl (C=O) groups excluding carboxylic acids is 2. The summed E-state index contributed by atoms with van der Waals surface area (Å²) < 4.78 is 0. The Morgan fingerprint density at radius 3 is 2.62 bits per heavy atom. The van der Waals surface area contributed by atoms with Gasteiger partial charge in [-0.1, -0.05) is 29.8 Å². The summed E-state index contributed by atoms with van der Waals surface area (Å²) in [7, 11) is 0. The summed E-state index contributed by atoms with van der Waals surface area (Å²) in [5, 5.41) is 12.6. The average molecular weight is 345 g/mol. The number of nitrogens with zero attached hydrogens (tertiary/aromatic N) is 1. The molecule has 0 saturated carbocycles. The van der Waals surface area contributed by atoms with E-state index in [1.54, 1.807) is 23.1 Å². The molecular formula is C18H17ClN2O3. The Balaban J connectivity index is 1.62. The number of rotatable bonds is 4. The molecule has 1 heterocycles. The number of nitrogens with one attached hydrogen (secondary N) is 1. The normalized spacial score (nSPS) is 17.1. The van der Waals surface area contributed by atoms with Crippen molar-refractivity contribution in [2.45, 2.75) is 13.0 Å². The Bertz CT molecular complexity index is 761. The van der Waals surface area contributed by atoms with Crippen LogP contribution < -0.4 is 5.32 Å². The Labute approximate surface area is 144 Å². The molecule has 0 radical (unpaired) electrons. The lowest BCUT2D eigenvalue weighted by Gasteiger charge is -2.17. The number of likely N-dealkylation sites (tertiary alicyclic amines) is 1. The van der Waals surface area contributed by atoms with Crippen molar-refractivity contribution in [2.75, 3.05) is 11.9 Å². The molecule has 3 rings (SSSR count). The maximum absolute atomic E-state index is 12.3. The van der Waals surface area contributed by atoms with E-state index in [9.17, 15) is 14.7 Å². The minimum absolute atomic E-state index is 0.0548. The van der Waals surface area contributed by atoms with Gasteiger partial charge in [-0.3, -0.25) is 9.59 Å². The molecule has 0 aromatic heterocycles. The van der Waals surface area contributed by atoms with Gasteiger partial charge >= 0.3 is 0 Å². The maximum atomic E-state index is 12.3. The maximum Gasteiger partial charge on any atom is 0.229 e. The molecule has 1 fully saturated rings. The van der Waals surface area contributed by atoms with Crippen molar-refractivity contribution in [3.63, 3.8) is 0 Å². The van der Waals surface area contributed by atoms with E-state index in [2.05, 4.69) is 5.32 Å². The van der Waals surface area contributed by atoms with E-state index in [1.807, 2.05) is 18.2 Å². The van der Waals surface area contributed by atoms with Gasteiger partial charge in [0.05, 0.1) is 5.92 Å². The van der Waals surface area contributed by atoms with Crippen LogP contribution in [0.2, 0.25) is 5.02 Å². The molecule has 1 saturated heterocycles. The highest BCUT2D eigenvalue weighted by Gasteiger charge is 2.34. The highest BCUT2D eigenvalue weighted by molar-refractivity contribution is 6.31. The zero-order valence-corrected chi connectivity index (χ0v) is 13.7. The van der Waals surface area contributed by atoms with Gasteiger partial charge in [-0.05, 0) is 35.9 Å². The smallest absolute Gasteiger partial charge is 0.229 e. The summed E-state index contributed by atoms with van der Waals surface area (Å²) in [6.45, 7) is 0.773. The SMILES string of the molecule is O=C(Nc1ccc(O)cc1)[C@@H]1CC(=O)N(Cc2ccccc2Cl)C1. The van der Waals surface area contributed by atoms with Crippen LogP contribution in [0.25, 0.3) is 0 Å². The number of halogens is 1. The highest BCUT2D eigenvalue weighted by Crippen LogP contribution is 2.24. The van der Waals surface area contributed by atoms with Gasteiger partial charge in [0.2, 0.25) is 11.8 Å². The molecule has 124 valence electrons. The van der Waals surface area contributed by atoms with E-state index < -0.39 is 5.92 Å². The van der Waals surface area contributed by atoms with Crippen molar-refractivity contribution in [3.05, 3.63) is 59.1 Å². The third-order valence-electron chi connectivity index (χ3n) is 4.04. The van der Waals surface area contributed by atoms with Crippen LogP contribution >= 0.6 is 11.6 Å². The number of aromatic hydroxyl groups is 1. The predicted octanol–water partition coefficient (Wildman–Crippen LogP) is 3.03. The average Bonchev–Trinajstić information content (AvgIpc) is 2.93. The number of phenolic OH excluding ortho intramolecular Hbond substituents is 1. The lowest BCUT2D eigenvalue weighted by atomic mass is 10.1. The van der Waals surface area contributed by atoms with Gasteiger partial charge in [-0.25, -0.2) is 0 Å². The van der Waals surface area contributed by atoms with Crippen molar-refractivity contribution in [3.8, 4) is 5.75 Å². The second-order valence-electron chi connectivity index (χ2n) is 5.80. The first kappa shape index (κ1) is 16.3. The zero-order valence-electron chi connectivity index (χ0n) is 12.9. The fourth-order valence-corrected chi connectivity index (χ4v) is 2.92. The number of phenols is 1. The van der Waals surface area contributed by atoms with Gasteiger partial charge in [-0.2, -0.15) is 0 Å². The second kappa shape index (κ2) is 6.93. The fraction of sp³-hybridized carbons (Fsp3) is 0.222. The highest BCUT2D eigenvalue weighted by atomic mass is 35.5. The van der Waals surface area contributed by atoms with E-state index in [0.717, 1.165) is 5.56 Å². The van der Waals surface area contributed by atoms with Crippen LogP contribution in [0.3, 0.4) is 0 Å². The topological polar surface area (TPSA) is 69.6 Å². The molecule has 2 N–H and O–H groups in total. The van der Waals surface area contributed by atoms with Crippen molar-refractivity contribution < 1.29 is 14.7 Å². The van der Waals surface area contributed by atoms with Crippen molar-refractivity contribution >= 4 is 29.1 Å². The van der Waals surface area contributed by atoms with E-state index in [4.69, 9.17) is 11.6 Å². The minimum atomic E-state index is -0.395. The van der Waals surface area contributed by atoms with Crippen LogP contribution in [0, 0.1) is 5.92 Å². The third kappa shape index (κ3) is 3.68. The van der Waals surface area contributed by atoms with Crippen LogP contribution in [0.4, 0.5) is 5.69 Å². The van der Waals surface area contributed by atoms with Crippen LogP contribution in [-0.4, -0.2) is 28.4 Å². The molecule has 1 aliphatic rings. The number of anilines is 1. The lowest BCUT2D eigenvalue weighted by Crippen LogP contribution is -2.28. The van der Waals surface area contributed by atoms with E-state index in [1.165, 1.54) is 12.1 Å². The monoisotopic (exact) mass is 344 g/mol. The van der Waals surface area contributed by atoms with Crippen LogP contribution in [0.1, 0.15) is 12.0 Å². The van der Waals surface area contributed by atoms with Crippen LogP contribution in [0.15, 0.2) is 48.5 Å². The number of hydrogen-bond donors (Lipinski definition) is 2. The molecule has 1 aliphatic heterocycles. The quantitative estimate of drug-likeness (QED) is 0.838. The molecule has 2 aromatic rings. The van der Waals surface area contributed by atoms with Crippen molar-refractivity contribution in [1.29, 1.82) is 0 Å². The second-order valence-corrected chi connectivity index (χ2v) is 6.21.